The molecule has 0 saturated heterocycles. The average Bonchev–Trinajstić information content (AvgIpc) is 3.15. The number of nitrogens with zero attached hydrogens (tertiary/aromatic N) is 2. The quantitative estimate of drug-likeness (QED) is 0.617. The molecule has 0 aliphatic carbocycles. The molecule has 3 aromatic rings. The van der Waals surface area contributed by atoms with Gasteiger partial charge in [0.1, 0.15) is 11.3 Å². The third-order valence-corrected chi connectivity index (χ3v) is 4.56. The SMILES string of the molecule is COC(=O)CC(NC(=O)c1cn2ccc(C)cc2n1)c1ccc(OC)c(OC)c1. The van der Waals surface area contributed by atoms with Crippen molar-refractivity contribution < 1.29 is 23.8 Å². The summed E-state index contributed by atoms with van der Waals surface area (Å²) in [5.74, 6) is 0.207. The van der Waals surface area contributed by atoms with E-state index in [4.69, 9.17) is 14.2 Å². The van der Waals surface area contributed by atoms with Crippen LogP contribution in [0.1, 0.15) is 34.1 Å². The van der Waals surface area contributed by atoms with Crippen LogP contribution < -0.4 is 14.8 Å². The monoisotopic (exact) mass is 397 g/mol. The van der Waals surface area contributed by atoms with Gasteiger partial charge in [-0.15, -0.1) is 0 Å². The summed E-state index contributed by atoms with van der Waals surface area (Å²) in [5.41, 5.74) is 2.65. The minimum Gasteiger partial charge on any atom is -0.493 e. The van der Waals surface area contributed by atoms with Gasteiger partial charge in [-0.3, -0.25) is 9.59 Å². The molecule has 0 fully saturated rings. The van der Waals surface area contributed by atoms with Crippen molar-refractivity contribution in [1.29, 1.82) is 0 Å². The molecule has 1 aromatic carbocycles. The van der Waals surface area contributed by atoms with Gasteiger partial charge in [-0.05, 0) is 42.3 Å². The van der Waals surface area contributed by atoms with E-state index in [0.717, 1.165) is 5.56 Å². The van der Waals surface area contributed by atoms with Gasteiger partial charge in [0.2, 0.25) is 0 Å². The summed E-state index contributed by atoms with van der Waals surface area (Å²) in [6, 6.07) is 8.40. The molecule has 8 heteroatoms. The molecule has 1 N–H and O–H groups in total. The fraction of sp³-hybridized carbons (Fsp3) is 0.286. The molecule has 0 bridgehead atoms. The second kappa shape index (κ2) is 8.64. The Morgan fingerprint density at radius 1 is 1.10 bits per heavy atom. The number of aromatic nitrogens is 2. The Morgan fingerprint density at radius 3 is 2.55 bits per heavy atom. The van der Waals surface area contributed by atoms with Gasteiger partial charge in [-0.25, -0.2) is 4.98 Å². The predicted octanol–water partition coefficient (Wildman–Crippen LogP) is 2.69. The third-order valence-electron chi connectivity index (χ3n) is 4.56. The molecule has 152 valence electrons. The zero-order valence-electron chi connectivity index (χ0n) is 16.8. The molecule has 2 heterocycles. The maximum absolute atomic E-state index is 12.8. The van der Waals surface area contributed by atoms with Gasteiger partial charge in [-0.2, -0.15) is 0 Å². The standard InChI is InChI=1S/C21H23N3O5/c1-13-7-8-24-12-16(22-19(24)9-13)21(26)23-15(11-20(25)29-4)14-5-6-17(27-2)18(10-14)28-3/h5-10,12,15H,11H2,1-4H3,(H,23,26). The van der Waals surface area contributed by atoms with Crippen molar-refractivity contribution >= 4 is 17.5 Å². The third kappa shape index (κ3) is 4.48. The van der Waals surface area contributed by atoms with Crippen LogP contribution in [-0.2, 0) is 9.53 Å². The maximum atomic E-state index is 12.8. The van der Waals surface area contributed by atoms with Gasteiger partial charge in [0.15, 0.2) is 11.5 Å². The van der Waals surface area contributed by atoms with Crippen molar-refractivity contribution in [2.45, 2.75) is 19.4 Å². The van der Waals surface area contributed by atoms with Crippen molar-refractivity contribution in [1.82, 2.24) is 14.7 Å². The zero-order valence-corrected chi connectivity index (χ0v) is 16.8. The van der Waals surface area contributed by atoms with Crippen molar-refractivity contribution in [3.05, 3.63) is 59.5 Å². The molecule has 1 amide bonds. The summed E-state index contributed by atoms with van der Waals surface area (Å²) in [5, 5.41) is 2.87. The topological polar surface area (TPSA) is 91.2 Å². The summed E-state index contributed by atoms with van der Waals surface area (Å²) in [6.07, 6.45) is 3.45. The van der Waals surface area contributed by atoms with E-state index in [1.165, 1.54) is 21.3 Å². The van der Waals surface area contributed by atoms with Crippen LogP contribution in [0.15, 0.2) is 42.7 Å². The number of pyridine rings is 1. The second-order valence-electron chi connectivity index (χ2n) is 6.52. The van der Waals surface area contributed by atoms with E-state index in [2.05, 4.69) is 10.3 Å². The summed E-state index contributed by atoms with van der Waals surface area (Å²) in [6.45, 7) is 1.96. The van der Waals surface area contributed by atoms with Gasteiger partial charge < -0.3 is 23.9 Å². The molecular formula is C21H23N3O5. The second-order valence-corrected chi connectivity index (χ2v) is 6.52. The van der Waals surface area contributed by atoms with E-state index < -0.39 is 17.9 Å². The Morgan fingerprint density at radius 2 is 1.86 bits per heavy atom. The number of ether oxygens (including phenoxy) is 3. The molecule has 0 spiro atoms. The number of hydrogen-bond acceptors (Lipinski definition) is 6. The Labute approximate surface area is 168 Å². The summed E-state index contributed by atoms with van der Waals surface area (Å²) < 4.78 is 17.1. The number of rotatable bonds is 7. The predicted molar refractivity (Wildman–Crippen MR) is 106 cm³/mol. The van der Waals surface area contributed by atoms with Crippen LogP contribution in [-0.4, -0.2) is 42.6 Å². The Hall–Kier alpha value is -3.55. The first-order valence-corrected chi connectivity index (χ1v) is 9.00. The van der Waals surface area contributed by atoms with E-state index in [1.807, 2.05) is 25.3 Å². The van der Waals surface area contributed by atoms with Gasteiger partial charge in [-0.1, -0.05) is 6.07 Å². The lowest BCUT2D eigenvalue weighted by Gasteiger charge is -2.19. The number of nitrogens with one attached hydrogen (secondary N) is 1. The number of carbonyl (C=O) groups excluding carboxylic acids is 2. The smallest absolute Gasteiger partial charge is 0.307 e. The molecular weight excluding hydrogens is 374 g/mol. The number of aryl methyl sites for hydroxylation is 1. The van der Waals surface area contributed by atoms with Crippen LogP contribution in [0.2, 0.25) is 0 Å². The van der Waals surface area contributed by atoms with E-state index in [1.54, 1.807) is 28.8 Å². The van der Waals surface area contributed by atoms with Crippen molar-refractivity contribution in [2.75, 3.05) is 21.3 Å². The van der Waals surface area contributed by atoms with E-state index in [0.29, 0.717) is 22.7 Å². The highest BCUT2D eigenvalue weighted by Crippen LogP contribution is 2.31. The first-order chi connectivity index (χ1) is 13.9. The van der Waals surface area contributed by atoms with E-state index in [-0.39, 0.29) is 12.1 Å². The van der Waals surface area contributed by atoms with Crippen LogP contribution in [0.3, 0.4) is 0 Å². The molecule has 1 unspecified atom stereocenters. The first kappa shape index (κ1) is 20.2. The van der Waals surface area contributed by atoms with Crippen LogP contribution in [0.5, 0.6) is 11.5 Å². The summed E-state index contributed by atoms with van der Waals surface area (Å²) in [4.78, 5) is 29.1. The van der Waals surface area contributed by atoms with Crippen LogP contribution in [0, 0.1) is 6.92 Å². The molecule has 2 aromatic heterocycles. The number of imidazole rings is 1. The van der Waals surface area contributed by atoms with E-state index >= 15 is 0 Å². The van der Waals surface area contributed by atoms with E-state index in [9.17, 15) is 9.59 Å². The van der Waals surface area contributed by atoms with Crippen molar-refractivity contribution in [3.8, 4) is 11.5 Å². The molecule has 29 heavy (non-hydrogen) atoms. The largest absolute Gasteiger partial charge is 0.493 e. The minimum absolute atomic E-state index is 0.0375. The number of carbonyl (C=O) groups is 2. The van der Waals surface area contributed by atoms with Gasteiger partial charge in [0.25, 0.3) is 5.91 Å². The van der Waals surface area contributed by atoms with Crippen LogP contribution in [0.4, 0.5) is 0 Å². The zero-order chi connectivity index (χ0) is 21.0. The van der Waals surface area contributed by atoms with Crippen molar-refractivity contribution in [2.24, 2.45) is 0 Å². The summed E-state index contributed by atoms with van der Waals surface area (Å²) in [7, 11) is 4.37. The lowest BCUT2D eigenvalue weighted by atomic mass is 10.0. The van der Waals surface area contributed by atoms with Gasteiger partial charge in [0.05, 0.1) is 33.8 Å². The first-order valence-electron chi connectivity index (χ1n) is 9.00. The minimum atomic E-state index is -0.624. The number of hydrogen-bond donors (Lipinski definition) is 1. The highest BCUT2D eigenvalue weighted by Gasteiger charge is 2.22. The van der Waals surface area contributed by atoms with Gasteiger partial charge >= 0.3 is 5.97 Å². The molecule has 0 radical (unpaired) electrons. The highest BCUT2D eigenvalue weighted by molar-refractivity contribution is 5.93. The van der Waals surface area contributed by atoms with Gasteiger partial charge in [0, 0.05) is 12.4 Å². The Balaban J connectivity index is 1.90. The number of methoxy groups -OCH3 is 3. The molecule has 0 aliphatic heterocycles. The normalized spacial score (nSPS) is 11.7. The van der Waals surface area contributed by atoms with Crippen molar-refractivity contribution in [3.63, 3.8) is 0 Å². The maximum Gasteiger partial charge on any atom is 0.307 e. The summed E-state index contributed by atoms with van der Waals surface area (Å²) >= 11 is 0. The Kier molecular flexibility index (Phi) is 6.01. The molecule has 0 saturated carbocycles. The molecule has 3 rings (SSSR count). The fourth-order valence-electron chi connectivity index (χ4n) is 3.00. The number of benzene rings is 1. The molecule has 0 aliphatic rings. The fourth-order valence-corrected chi connectivity index (χ4v) is 3.00. The molecule has 8 nitrogen and oxygen atoms in total. The number of fused-ring (bicyclic) bond motifs is 1. The van der Waals surface area contributed by atoms with Crippen LogP contribution >= 0.6 is 0 Å². The number of esters is 1. The average molecular weight is 397 g/mol. The lowest BCUT2D eigenvalue weighted by Crippen LogP contribution is -2.30. The highest BCUT2D eigenvalue weighted by atomic mass is 16.5. The Bertz CT molecular complexity index is 1040. The number of amides is 1. The lowest BCUT2D eigenvalue weighted by molar-refractivity contribution is -0.141. The van der Waals surface area contributed by atoms with Crippen LogP contribution in [0.25, 0.3) is 5.65 Å². The molecule has 1 atom stereocenters.